The van der Waals surface area contributed by atoms with E-state index in [1.807, 2.05) is 19.9 Å². The molecule has 0 bridgehead atoms. The summed E-state index contributed by atoms with van der Waals surface area (Å²) in [5.74, 6) is 0.148. The van der Waals surface area contributed by atoms with E-state index in [4.69, 9.17) is 4.74 Å². The first-order valence-electron chi connectivity index (χ1n) is 5.92. The van der Waals surface area contributed by atoms with Crippen LogP contribution in [0.5, 0.6) is 0 Å². The number of aryl methyl sites for hydroxylation is 1. The van der Waals surface area contributed by atoms with E-state index in [1.54, 1.807) is 6.20 Å². The van der Waals surface area contributed by atoms with Crippen LogP contribution in [-0.2, 0) is 11.2 Å². The van der Waals surface area contributed by atoms with Gasteiger partial charge in [-0.2, -0.15) is 0 Å². The molecule has 16 heavy (non-hydrogen) atoms. The molecule has 0 spiro atoms. The van der Waals surface area contributed by atoms with Crippen LogP contribution >= 0.6 is 0 Å². The normalized spacial score (nSPS) is 21.1. The number of ether oxygens (including phenoxy) is 1. The minimum atomic E-state index is -0.432. The van der Waals surface area contributed by atoms with Crippen molar-refractivity contribution in [3.8, 4) is 0 Å². The van der Waals surface area contributed by atoms with Crippen LogP contribution < -0.4 is 0 Å². The van der Waals surface area contributed by atoms with Crippen LogP contribution in [0.1, 0.15) is 37.4 Å². The maximum atomic E-state index is 10.1. The molecule has 0 saturated carbocycles. The summed E-state index contributed by atoms with van der Waals surface area (Å²) >= 11 is 0. The average Bonchev–Trinajstić information content (AvgIpc) is 2.69. The summed E-state index contributed by atoms with van der Waals surface area (Å²) in [5.41, 5.74) is 2.33. The van der Waals surface area contributed by atoms with Crippen LogP contribution in [0.4, 0.5) is 0 Å². The number of nitrogens with zero attached hydrogens (tertiary/aromatic N) is 1. The van der Waals surface area contributed by atoms with E-state index in [1.165, 1.54) is 5.56 Å². The van der Waals surface area contributed by atoms with Gasteiger partial charge in [-0.1, -0.05) is 6.07 Å². The lowest BCUT2D eigenvalue weighted by Crippen LogP contribution is -2.25. The summed E-state index contributed by atoms with van der Waals surface area (Å²) in [7, 11) is 0. The van der Waals surface area contributed by atoms with Crippen LogP contribution in [0.2, 0.25) is 0 Å². The van der Waals surface area contributed by atoms with Crippen molar-refractivity contribution >= 4 is 0 Å². The second kappa shape index (κ2) is 4.93. The molecule has 1 aromatic rings. The van der Waals surface area contributed by atoms with E-state index in [2.05, 4.69) is 11.1 Å². The molecule has 0 aromatic carbocycles. The van der Waals surface area contributed by atoms with Gasteiger partial charge in [0.25, 0.3) is 0 Å². The molecule has 88 valence electrons. The number of hydrogen-bond donors (Lipinski definition) is 1. The number of hydrogen-bond acceptors (Lipinski definition) is 3. The zero-order valence-electron chi connectivity index (χ0n) is 9.89. The van der Waals surface area contributed by atoms with Crippen LogP contribution in [0.25, 0.3) is 0 Å². The summed E-state index contributed by atoms with van der Waals surface area (Å²) in [6.07, 6.45) is 3.53. The second-order valence-electron chi connectivity index (χ2n) is 4.64. The zero-order chi connectivity index (χ0) is 11.5. The monoisotopic (exact) mass is 221 g/mol. The van der Waals surface area contributed by atoms with Crippen molar-refractivity contribution in [2.45, 2.75) is 44.8 Å². The van der Waals surface area contributed by atoms with Crippen molar-refractivity contribution in [1.29, 1.82) is 0 Å². The Bertz CT molecular complexity index is 352. The summed E-state index contributed by atoms with van der Waals surface area (Å²) in [6, 6.07) is 4.05. The molecular weight excluding hydrogens is 202 g/mol. The summed E-state index contributed by atoms with van der Waals surface area (Å²) in [5, 5.41) is 10.1. The standard InChI is InChI=1S/C13H19NO2/c1-9(2)16-8-12(15)11-6-5-10-4-3-7-14-13(10)11/h3-4,7,9,11-12,15H,5-6,8H2,1-2H3. The molecule has 0 aliphatic heterocycles. The highest BCUT2D eigenvalue weighted by molar-refractivity contribution is 5.29. The fourth-order valence-corrected chi connectivity index (χ4v) is 2.23. The van der Waals surface area contributed by atoms with Crippen molar-refractivity contribution in [3.63, 3.8) is 0 Å². The van der Waals surface area contributed by atoms with Gasteiger partial charge in [0.1, 0.15) is 0 Å². The Morgan fingerprint density at radius 3 is 3.12 bits per heavy atom. The number of aliphatic hydroxyl groups is 1. The van der Waals surface area contributed by atoms with Gasteiger partial charge in [-0.05, 0) is 38.3 Å². The number of rotatable bonds is 4. The minimum absolute atomic E-state index is 0.148. The zero-order valence-corrected chi connectivity index (χ0v) is 9.89. The van der Waals surface area contributed by atoms with Crippen molar-refractivity contribution in [3.05, 3.63) is 29.6 Å². The molecule has 3 nitrogen and oxygen atoms in total. The Kier molecular flexibility index (Phi) is 3.56. The second-order valence-corrected chi connectivity index (χ2v) is 4.64. The van der Waals surface area contributed by atoms with Gasteiger partial charge in [0.05, 0.1) is 18.8 Å². The van der Waals surface area contributed by atoms with Crippen LogP contribution in [0, 0.1) is 0 Å². The Balaban J connectivity index is 2.01. The number of pyridine rings is 1. The third-order valence-electron chi connectivity index (χ3n) is 3.07. The third kappa shape index (κ3) is 2.42. The van der Waals surface area contributed by atoms with Gasteiger partial charge in [-0.3, -0.25) is 4.98 Å². The van der Waals surface area contributed by atoms with Crippen molar-refractivity contribution in [1.82, 2.24) is 4.98 Å². The molecule has 0 amide bonds. The van der Waals surface area contributed by atoms with Crippen molar-refractivity contribution in [2.75, 3.05) is 6.61 Å². The minimum Gasteiger partial charge on any atom is -0.390 e. The Morgan fingerprint density at radius 2 is 2.38 bits per heavy atom. The average molecular weight is 221 g/mol. The molecule has 1 aliphatic rings. The predicted molar refractivity (Wildman–Crippen MR) is 62.4 cm³/mol. The molecule has 0 saturated heterocycles. The maximum Gasteiger partial charge on any atom is 0.0857 e. The van der Waals surface area contributed by atoms with E-state index in [0.29, 0.717) is 6.61 Å². The molecule has 3 heteroatoms. The lowest BCUT2D eigenvalue weighted by atomic mass is 10.0. The topological polar surface area (TPSA) is 42.4 Å². The van der Waals surface area contributed by atoms with Gasteiger partial charge in [-0.15, -0.1) is 0 Å². The highest BCUT2D eigenvalue weighted by Crippen LogP contribution is 2.33. The number of fused-ring (bicyclic) bond motifs is 1. The van der Waals surface area contributed by atoms with E-state index in [9.17, 15) is 5.11 Å². The first-order valence-corrected chi connectivity index (χ1v) is 5.92. The molecule has 1 aromatic heterocycles. The lowest BCUT2D eigenvalue weighted by Gasteiger charge is -2.19. The van der Waals surface area contributed by atoms with E-state index in [0.717, 1.165) is 18.5 Å². The van der Waals surface area contributed by atoms with Crippen molar-refractivity contribution in [2.24, 2.45) is 0 Å². The quantitative estimate of drug-likeness (QED) is 0.844. The fraction of sp³-hybridized carbons (Fsp3) is 0.615. The first kappa shape index (κ1) is 11.6. The maximum absolute atomic E-state index is 10.1. The van der Waals surface area contributed by atoms with Crippen LogP contribution in [0.3, 0.4) is 0 Å². The molecular formula is C13H19NO2. The summed E-state index contributed by atoms with van der Waals surface area (Å²) in [4.78, 5) is 4.37. The number of aliphatic hydroxyl groups excluding tert-OH is 1. The smallest absolute Gasteiger partial charge is 0.0857 e. The third-order valence-corrected chi connectivity index (χ3v) is 3.07. The van der Waals surface area contributed by atoms with Gasteiger partial charge in [0, 0.05) is 17.8 Å². The van der Waals surface area contributed by atoms with E-state index in [-0.39, 0.29) is 12.0 Å². The first-order chi connectivity index (χ1) is 7.68. The molecule has 0 radical (unpaired) electrons. The molecule has 1 heterocycles. The fourth-order valence-electron chi connectivity index (χ4n) is 2.23. The molecule has 2 unspecified atom stereocenters. The highest BCUT2D eigenvalue weighted by Gasteiger charge is 2.29. The Labute approximate surface area is 96.5 Å². The van der Waals surface area contributed by atoms with Crippen molar-refractivity contribution < 1.29 is 9.84 Å². The molecule has 1 N–H and O–H groups in total. The largest absolute Gasteiger partial charge is 0.390 e. The summed E-state index contributed by atoms with van der Waals surface area (Å²) in [6.45, 7) is 4.36. The predicted octanol–water partition coefficient (Wildman–Crippen LogP) is 1.90. The highest BCUT2D eigenvalue weighted by atomic mass is 16.5. The van der Waals surface area contributed by atoms with Gasteiger partial charge < -0.3 is 9.84 Å². The molecule has 2 rings (SSSR count). The van der Waals surface area contributed by atoms with Gasteiger partial charge in [0.15, 0.2) is 0 Å². The Morgan fingerprint density at radius 1 is 1.56 bits per heavy atom. The SMILES string of the molecule is CC(C)OCC(O)C1CCc2cccnc21. The Hall–Kier alpha value is -0.930. The number of aromatic nitrogens is 1. The van der Waals surface area contributed by atoms with E-state index < -0.39 is 6.10 Å². The van der Waals surface area contributed by atoms with Gasteiger partial charge >= 0.3 is 0 Å². The summed E-state index contributed by atoms with van der Waals surface area (Å²) < 4.78 is 5.45. The molecule has 2 atom stereocenters. The van der Waals surface area contributed by atoms with Gasteiger partial charge in [-0.25, -0.2) is 0 Å². The van der Waals surface area contributed by atoms with Crippen LogP contribution in [0.15, 0.2) is 18.3 Å². The molecule has 0 fully saturated rings. The van der Waals surface area contributed by atoms with Gasteiger partial charge in [0.2, 0.25) is 0 Å². The van der Waals surface area contributed by atoms with Crippen LogP contribution in [-0.4, -0.2) is 28.9 Å². The lowest BCUT2D eigenvalue weighted by molar-refractivity contribution is -0.00570. The van der Waals surface area contributed by atoms with E-state index >= 15 is 0 Å². The molecule has 1 aliphatic carbocycles.